The third-order valence-electron chi connectivity index (χ3n) is 10.3. The van der Waals surface area contributed by atoms with E-state index in [0.29, 0.717) is 5.82 Å². The van der Waals surface area contributed by atoms with E-state index in [1.165, 1.54) is 11.1 Å². The van der Waals surface area contributed by atoms with Gasteiger partial charge in [-0.1, -0.05) is 164 Å². The van der Waals surface area contributed by atoms with Crippen LogP contribution in [0.1, 0.15) is 0 Å². The number of rotatable bonds is 7. The molecular formula is C52H34N2O. The SMILES string of the molecule is c1ccc(-c2cccc(-c3cc(-c4cc(-c5ccccc5-c5ccccc5)cc(-c5cccc6oc7ccccc7c56)c4)nc(-c4ccccc4)n3)c2)cc1. The van der Waals surface area contributed by atoms with Gasteiger partial charge in [-0.15, -0.1) is 0 Å². The van der Waals surface area contributed by atoms with Crippen molar-refractivity contribution in [3.05, 3.63) is 206 Å². The number of furan rings is 1. The van der Waals surface area contributed by atoms with E-state index < -0.39 is 0 Å². The molecule has 55 heavy (non-hydrogen) atoms. The topological polar surface area (TPSA) is 38.9 Å². The Morgan fingerprint density at radius 3 is 1.51 bits per heavy atom. The highest BCUT2D eigenvalue weighted by Crippen LogP contribution is 2.42. The van der Waals surface area contributed by atoms with Crippen molar-refractivity contribution in [3.8, 4) is 78.4 Å². The first-order valence-corrected chi connectivity index (χ1v) is 18.6. The lowest BCUT2D eigenvalue weighted by atomic mass is 9.89. The van der Waals surface area contributed by atoms with Crippen LogP contribution in [0.2, 0.25) is 0 Å². The normalized spacial score (nSPS) is 11.3. The summed E-state index contributed by atoms with van der Waals surface area (Å²) in [6.45, 7) is 0. The first-order valence-electron chi connectivity index (χ1n) is 18.6. The molecule has 0 amide bonds. The van der Waals surface area contributed by atoms with Crippen LogP contribution in [0.25, 0.3) is 100 Å². The molecule has 0 aliphatic heterocycles. The van der Waals surface area contributed by atoms with Gasteiger partial charge in [0.15, 0.2) is 5.82 Å². The lowest BCUT2D eigenvalue weighted by Gasteiger charge is -2.16. The van der Waals surface area contributed by atoms with E-state index in [1.807, 2.05) is 36.4 Å². The smallest absolute Gasteiger partial charge is 0.160 e. The summed E-state index contributed by atoms with van der Waals surface area (Å²) in [5.41, 5.74) is 15.5. The number of hydrogen-bond donors (Lipinski definition) is 0. The minimum absolute atomic E-state index is 0.679. The van der Waals surface area contributed by atoms with Gasteiger partial charge in [-0.3, -0.25) is 0 Å². The fourth-order valence-electron chi connectivity index (χ4n) is 7.65. The van der Waals surface area contributed by atoms with Gasteiger partial charge in [-0.05, 0) is 87.0 Å². The Bertz CT molecular complexity index is 2970. The van der Waals surface area contributed by atoms with Crippen molar-refractivity contribution in [2.75, 3.05) is 0 Å². The molecule has 3 heteroatoms. The Hall–Kier alpha value is -7.36. The molecule has 3 nitrogen and oxygen atoms in total. The fraction of sp³-hybridized carbons (Fsp3) is 0. The molecule has 0 fully saturated rings. The number of hydrogen-bond acceptors (Lipinski definition) is 3. The van der Waals surface area contributed by atoms with E-state index in [9.17, 15) is 0 Å². The molecule has 10 rings (SSSR count). The Labute approximate surface area is 319 Å². The molecule has 0 saturated heterocycles. The van der Waals surface area contributed by atoms with Crippen LogP contribution in [0.4, 0.5) is 0 Å². The van der Waals surface area contributed by atoms with E-state index >= 15 is 0 Å². The highest BCUT2D eigenvalue weighted by molar-refractivity contribution is 6.12. The zero-order chi connectivity index (χ0) is 36.6. The molecule has 258 valence electrons. The molecule has 0 saturated carbocycles. The van der Waals surface area contributed by atoms with Crippen molar-refractivity contribution < 1.29 is 4.42 Å². The lowest BCUT2D eigenvalue weighted by Crippen LogP contribution is -1.97. The van der Waals surface area contributed by atoms with Crippen molar-refractivity contribution in [1.82, 2.24) is 9.97 Å². The number of fused-ring (bicyclic) bond motifs is 3. The van der Waals surface area contributed by atoms with E-state index in [1.54, 1.807) is 0 Å². The molecule has 2 aromatic heterocycles. The second-order valence-electron chi connectivity index (χ2n) is 13.8. The van der Waals surface area contributed by atoms with Gasteiger partial charge in [0.2, 0.25) is 0 Å². The van der Waals surface area contributed by atoms with Crippen molar-refractivity contribution in [1.29, 1.82) is 0 Å². The average molecular weight is 703 g/mol. The van der Waals surface area contributed by atoms with Crippen molar-refractivity contribution >= 4 is 21.9 Å². The predicted molar refractivity (Wildman–Crippen MR) is 227 cm³/mol. The van der Waals surface area contributed by atoms with Crippen LogP contribution in [0.3, 0.4) is 0 Å². The standard InChI is InChI=1S/C52H34N2O/c1-4-16-35(17-5-1)38-22-14-23-39(30-38)47-34-48(54-52(53-47)37-20-8-3-9-21-37)42-32-40(44-25-11-10-24-43(44)36-18-6-2-7-19-36)31-41(33-42)45-27-15-29-50-51(45)46-26-12-13-28-49(46)55-50/h1-34H. The van der Waals surface area contributed by atoms with Crippen LogP contribution in [0.15, 0.2) is 211 Å². The first kappa shape index (κ1) is 32.3. The van der Waals surface area contributed by atoms with E-state index in [4.69, 9.17) is 14.4 Å². The summed E-state index contributed by atoms with van der Waals surface area (Å²) in [6, 6.07) is 72.2. The molecule has 2 heterocycles. The second-order valence-corrected chi connectivity index (χ2v) is 13.8. The Morgan fingerprint density at radius 1 is 0.291 bits per heavy atom. The third-order valence-corrected chi connectivity index (χ3v) is 10.3. The molecule has 0 N–H and O–H groups in total. The zero-order valence-electron chi connectivity index (χ0n) is 29.9. The van der Waals surface area contributed by atoms with Crippen molar-refractivity contribution in [2.45, 2.75) is 0 Å². The van der Waals surface area contributed by atoms with Crippen LogP contribution in [-0.4, -0.2) is 9.97 Å². The summed E-state index contributed by atoms with van der Waals surface area (Å²) < 4.78 is 6.37. The largest absolute Gasteiger partial charge is 0.456 e. The molecule has 10 aromatic rings. The minimum Gasteiger partial charge on any atom is -0.456 e. The van der Waals surface area contributed by atoms with Crippen LogP contribution >= 0.6 is 0 Å². The highest BCUT2D eigenvalue weighted by atomic mass is 16.3. The van der Waals surface area contributed by atoms with Gasteiger partial charge >= 0.3 is 0 Å². The maximum Gasteiger partial charge on any atom is 0.160 e. The number of aromatic nitrogens is 2. The third kappa shape index (κ3) is 6.18. The first-order chi connectivity index (χ1) is 27.2. The second kappa shape index (κ2) is 13.9. The lowest BCUT2D eigenvalue weighted by molar-refractivity contribution is 0.669. The van der Waals surface area contributed by atoms with Crippen LogP contribution in [0, 0.1) is 0 Å². The molecule has 0 atom stereocenters. The molecule has 8 aromatic carbocycles. The van der Waals surface area contributed by atoms with Gasteiger partial charge in [0.05, 0.1) is 11.4 Å². The molecule has 0 aliphatic rings. The predicted octanol–water partition coefficient (Wildman–Crippen LogP) is 14.0. The Kier molecular flexibility index (Phi) is 8.16. The maximum atomic E-state index is 6.37. The van der Waals surface area contributed by atoms with Crippen LogP contribution in [0.5, 0.6) is 0 Å². The fourth-order valence-corrected chi connectivity index (χ4v) is 7.65. The van der Waals surface area contributed by atoms with Gasteiger partial charge < -0.3 is 4.42 Å². The molecule has 0 unspecified atom stereocenters. The van der Waals surface area contributed by atoms with Gasteiger partial charge in [0.25, 0.3) is 0 Å². The van der Waals surface area contributed by atoms with Crippen molar-refractivity contribution in [2.24, 2.45) is 0 Å². The summed E-state index contributed by atoms with van der Waals surface area (Å²) in [6.07, 6.45) is 0. The Morgan fingerprint density at radius 2 is 0.764 bits per heavy atom. The number of benzene rings is 8. The summed E-state index contributed by atoms with van der Waals surface area (Å²) in [5, 5.41) is 2.20. The summed E-state index contributed by atoms with van der Waals surface area (Å²) >= 11 is 0. The van der Waals surface area contributed by atoms with Crippen LogP contribution in [-0.2, 0) is 0 Å². The summed E-state index contributed by atoms with van der Waals surface area (Å²) in [7, 11) is 0. The van der Waals surface area contributed by atoms with Crippen molar-refractivity contribution in [3.63, 3.8) is 0 Å². The number of para-hydroxylation sites is 1. The molecule has 0 bridgehead atoms. The van der Waals surface area contributed by atoms with Gasteiger partial charge in [0, 0.05) is 27.5 Å². The quantitative estimate of drug-likeness (QED) is 0.166. The average Bonchev–Trinajstić information content (AvgIpc) is 3.66. The summed E-state index contributed by atoms with van der Waals surface area (Å²) in [5.74, 6) is 0.679. The molecule has 0 aliphatic carbocycles. The van der Waals surface area contributed by atoms with E-state index in [-0.39, 0.29) is 0 Å². The van der Waals surface area contributed by atoms with E-state index in [2.05, 4.69) is 170 Å². The Balaban J connectivity index is 1.23. The van der Waals surface area contributed by atoms with Gasteiger partial charge in [-0.25, -0.2) is 9.97 Å². The number of nitrogens with zero attached hydrogens (tertiary/aromatic N) is 2. The molecule has 0 spiro atoms. The summed E-state index contributed by atoms with van der Waals surface area (Å²) in [4.78, 5) is 10.5. The molecular weight excluding hydrogens is 669 g/mol. The van der Waals surface area contributed by atoms with E-state index in [0.717, 1.165) is 83.4 Å². The van der Waals surface area contributed by atoms with Gasteiger partial charge in [-0.2, -0.15) is 0 Å². The molecule has 0 radical (unpaired) electrons. The van der Waals surface area contributed by atoms with Crippen LogP contribution < -0.4 is 0 Å². The highest BCUT2D eigenvalue weighted by Gasteiger charge is 2.18. The zero-order valence-corrected chi connectivity index (χ0v) is 29.9. The minimum atomic E-state index is 0.679. The monoisotopic (exact) mass is 702 g/mol. The van der Waals surface area contributed by atoms with Gasteiger partial charge in [0.1, 0.15) is 11.2 Å². The maximum absolute atomic E-state index is 6.37.